The first kappa shape index (κ1) is 21.2. The van der Waals surface area contributed by atoms with Crippen LogP contribution in [0.4, 0.5) is 11.4 Å². The number of hydrogen-bond donors (Lipinski definition) is 0. The predicted octanol–water partition coefficient (Wildman–Crippen LogP) is 4.13. The molecule has 1 aliphatic rings. The first-order chi connectivity index (χ1) is 14.9. The van der Waals surface area contributed by atoms with Gasteiger partial charge >= 0.3 is 0 Å². The Bertz CT molecular complexity index is 1220. The number of rotatable bonds is 6. The van der Waals surface area contributed by atoms with Crippen molar-refractivity contribution < 1.29 is 17.9 Å². The fourth-order valence-electron chi connectivity index (χ4n) is 3.48. The van der Waals surface area contributed by atoms with Crippen molar-refractivity contribution in [3.05, 3.63) is 83.4 Å². The van der Waals surface area contributed by atoms with E-state index in [1.54, 1.807) is 13.1 Å². The van der Waals surface area contributed by atoms with Gasteiger partial charge in [-0.2, -0.15) is 0 Å². The second kappa shape index (κ2) is 8.61. The van der Waals surface area contributed by atoms with Crippen LogP contribution in [0.1, 0.15) is 5.56 Å². The van der Waals surface area contributed by atoms with Crippen LogP contribution < -0.4 is 13.9 Å². The highest BCUT2D eigenvalue weighted by atomic mass is 35.5. The van der Waals surface area contributed by atoms with E-state index in [1.807, 2.05) is 48.5 Å². The molecule has 0 radical (unpaired) electrons. The number of ether oxygens (including phenoxy) is 1. The van der Waals surface area contributed by atoms with Gasteiger partial charge in [0.1, 0.15) is 5.75 Å². The lowest BCUT2D eigenvalue weighted by atomic mass is 10.2. The number of amides is 1. The van der Waals surface area contributed by atoms with Crippen LogP contribution in [0.3, 0.4) is 0 Å². The number of halogens is 1. The molecule has 160 valence electrons. The van der Waals surface area contributed by atoms with E-state index in [2.05, 4.69) is 0 Å². The quantitative estimate of drug-likeness (QED) is 0.559. The van der Waals surface area contributed by atoms with Gasteiger partial charge in [-0.05, 0) is 48.4 Å². The van der Waals surface area contributed by atoms with Crippen molar-refractivity contribution in [2.24, 2.45) is 0 Å². The third-order valence-electron chi connectivity index (χ3n) is 5.20. The molecule has 0 unspecified atom stereocenters. The third kappa shape index (κ3) is 4.24. The van der Waals surface area contributed by atoms with E-state index in [-0.39, 0.29) is 28.2 Å². The number of fused-ring (bicyclic) bond motifs is 1. The van der Waals surface area contributed by atoms with Gasteiger partial charge in [0.2, 0.25) is 0 Å². The Kier molecular flexibility index (Phi) is 5.89. The van der Waals surface area contributed by atoms with Gasteiger partial charge in [-0.25, -0.2) is 8.42 Å². The molecule has 0 atom stereocenters. The molecule has 8 heteroatoms. The average Bonchev–Trinajstić information content (AvgIpc) is 3.23. The number of hydrogen-bond acceptors (Lipinski definition) is 4. The van der Waals surface area contributed by atoms with Crippen molar-refractivity contribution in [3.63, 3.8) is 0 Å². The van der Waals surface area contributed by atoms with Crippen molar-refractivity contribution in [3.8, 4) is 5.75 Å². The Morgan fingerprint density at radius 2 is 1.77 bits per heavy atom. The fraction of sp³-hybridized carbons (Fsp3) is 0.174. The molecular weight excluding hydrogens is 436 g/mol. The standard InChI is InChI=1S/C23H21ClN2O4S/c1-25(18-8-3-2-4-9-18)23(27)16-30-22-12-11-19(15-20(22)24)31(28,29)26-14-13-17-7-5-6-10-21(17)26/h2-12,15H,13-14,16H2,1H3. The molecule has 0 bridgehead atoms. The van der Waals surface area contributed by atoms with E-state index in [4.69, 9.17) is 16.3 Å². The second-order valence-electron chi connectivity index (χ2n) is 7.13. The number of para-hydroxylation sites is 2. The van der Waals surface area contributed by atoms with E-state index in [0.717, 1.165) is 11.3 Å². The molecule has 1 heterocycles. The summed E-state index contributed by atoms with van der Waals surface area (Å²) in [4.78, 5) is 14.0. The molecule has 0 aromatic heterocycles. The van der Waals surface area contributed by atoms with Gasteiger partial charge in [-0.15, -0.1) is 0 Å². The Labute approximate surface area is 186 Å². The van der Waals surface area contributed by atoms with Crippen LogP contribution in [-0.4, -0.2) is 34.5 Å². The molecule has 0 spiro atoms. The highest BCUT2D eigenvalue weighted by Gasteiger charge is 2.31. The Morgan fingerprint density at radius 1 is 1.06 bits per heavy atom. The van der Waals surface area contributed by atoms with E-state index in [1.165, 1.54) is 27.4 Å². The fourth-order valence-corrected chi connectivity index (χ4v) is 5.31. The van der Waals surface area contributed by atoms with E-state index in [0.29, 0.717) is 18.7 Å². The summed E-state index contributed by atoms with van der Waals surface area (Å²) >= 11 is 6.29. The molecule has 0 fully saturated rings. The predicted molar refractivity (Wildman–Crippen MR) is 121 cm³/mol. The molecule has 1 aliphatic heterocycles. The maximum atomic E-state index is 13.1. The van der Waals surface area contributed by atoms with Gasteiger partial charge in [0.25, 0.3) is 15.9 Å². The second-order valence-corrected chi connectivity index (χ2v) is 9.39. The first-order valence-corrected chi connectivity index (χ1v) is 11.5. The van der Waals surface area contributed by atoms with Crippen molar-refractivity contribution in [2.75, 3.05) is 29.4 Å². The topological polar surface area (TPSA) is 66.9 Å². The molecule has 0 N–H and O–H groups in total. The van der Waals surface area contributed by atoms with Crippen LogP contribution >= 0.6 is 11.6 Å². The minimum atomic E-state index is -3.75. The zero-order valence-corrected chi connectivity index (χ0v) is 18.4. The summed E-state index contributed by atoms with van der Waals surface area (Å²) in [6.07, 6.45) is 0.668. The van der Waals surface area contributed by atoms with Crippen molar-refractivity contribution in [1.82, 2.24) is 0 Å². The largest absolute Gasteiger partial charge is 0.482 e. The van der Waals surface area contributed by atoms with Crippen LogP contribution in [0, 0.1) is 0 Å². The SMILES string of the molecule is CN(C(=O)COc1ccc(S(=O)(=O)N2CCc3ccccc32)cc1Cl)c1ccccc1. The summed E-state index contributed by atoms with van der Waals surface area (Å²) in [5, 5.41) is 0.128. The van der Waals surface area contributed by atoms with Crippen LogP contribution in [0.5, 0.6) is 5.75 Å². The Morgan fingerprint density at radius 3 is 2.52 bits per heavy atom. The smallest absolute Gasteiger partial charge is 0.264 e. The minimum Gasteiger partial charge on any atom is -0.482 e. The van der Waals surface area contributed by atoms with E-state index in [9.17, 15) is 13.2 Å². The zero-order valence-electron chi connectivity index (χ0n) is 16.9. The minimum absolute atomic E-state index is 0.0780. The highest BCUT2D eigenvalue weighted by Crippen LogP contribution is 2.35. The molecule has 0 aliphatic carbocycles. The van der Waals surface area contributed by atoms with Crippen LogP contribution in [0.2, 0.25) is 5.02 Å². The van der Waals surface area contributed by atoms with Crippen molar-refractivity contribution in [1.29, 1.82) is 0 Å². The maximum absolute atomic E-state index is 13.1. The summed E-state index contributed by atoms with van der Waals surface area (Å²) in [6.45, 7) is 0.161. The Balaban J connectivity index is 1.48. The number of sulfonamides is 1. The molecule has 3 aromatic rings. The summed E-state index contributed by atoms with van der Waals surface area (Å²) < 4.78 is 33.2. The van der Waals surface area contributed by atoms with E-state index < -0.39 is 10.0 Å². The first-order valence-electron chi connectivity index (χ1n) is 9.72. The summed E-state index contributed by atoms with van der Waals surface area (Å²) in [5.41, 5.74) is 2.43. The van der Waals surface area contributed by atoms with Gasteiger partial charge in [0.15, 0.2) is 6.61 Å². The van der Waals surface area contributed by atoms with Gasteiger partial charge in [-0.1, -0.05) is 48.0 Å². The molecule has 6 nitrogen and oxygen atoms in total. The molecule has 4 rings (SSSR count). The maximum Gasteiger partial charge on any atom is 0.264 e. The average molecular weight is 457 g/mol. The van der Waals surface area contributed by atoms with Crippen molar-refractivity contribution in [2.45, 2.75) is 11.3 Å². The van der Waals surface area contributed by atoms with Gasteiger partial charge < -0.3 is 9.64 Å². The summed E-state index contributed by atoms with van der Waals surface area (Å²) in [7, 11) is -2.10. The zero-order chi connectivity index (χ0) is 22.0. The van der Waals surface area contributed by atoms with Crippen LogP contribution in [0.25, 0.3) is 0 Å². The molecule has 0 saturated carbocycles. The summed E-state index contributed by atoms with van der Waals surface area (Å²) in [6, 6.07) is 20.9. The molecular formula is C23H21ClN2O4S. The number of likely N-dealkylation sites (N-methyl/N-ethyl adjacent to an activating group) is 1. The number of carbonyl (C=O) groups excluding carboxylic acids is 1. The van der Waals surface area contributed by atoms with Gasteiger partial charge in [0, 0.05) is 19.3 Å². The number of benzene rings is 3. The highest BCUT2D eigenvalue weighted by molar-refractivity contribution is 7.92. The monoisotopic (exact) mass is 456 g/mol. The van der Waals surface area contributed by atoms with Gasteiger partial charge in [-0.3, -0.25) is 9.10 Å². The lowest BCUT2D eigenvalue weighted by molar-refractivity contribution is -0.120. The summed E-state index contributed by atoms with van der Waals surface area (Å²) in [5.74, 6) is -0.00936. The van der Waals surface area contributed by atoms with Gasteiger partial charge in [0.05, 0.1) is 15.6 Å². The molecule has 31 heavy (non-hydrogen) atoms. The normalized spacial score (nSPS) is 13.0. The molecule has 0 saturated heterocycles. The number of anilines is 2. The number of carbonyl (C=O) groups is 1. The van der Waals surface area contributed by atoms with Crippen LogP contribution in [0.15, 0.2) is 77.7 Å². The lowest BCUT2D eigenvalue weighted by Crippen LogP contribution is -2.31. The van der Waals surface area contributed by atoms with Crippen molar-refractivity contribution >= 4 is 38.9 Å². The third-order valence-corrected chi connectivity index (χ3v) is 7.31. The van der Waals surface area contributed by atoms with Crippen LogP contribution in [-0.2, 0) is 21.2 Å². The number of nitrogens with zero attached hydrogens (tertiary/aromatic N) is 2. The molecule has 1 amide bonds. The van der Waals surface area contributed by atoms with E-state index >= 15 is 0 Å². The lowest BCUT2D eigenvalue weighted by Gasteiger charge is -2.20. The Hall–Kier alpha value is -3.03. The molecule has 3 aromatic carbocycles.